The lowest BCUT2D eigenvalue weighted by Crippen LogP contribution is -2.50. The van der Waals surface area contributed by atoms with Crippen molar-refractivity contribution in [2.75, 3.05) is 47.5 Å². The highest BCUT2D eigenvalue weighted by Crippen LogP contribution is 2.14. The number of amides is 2. The molecule has 1 N–H and O–H groups in total. The van der Waals surface area contributed by atoms with E-state index in [4.69, 9.17) is 9.47 Å². The number of likely N-dealkylation sites (tertiary alicyclic amines) is 1. The molecule has 1 atom stereocenters. The van der Waals surface area contributed by atoms with Gasteiger partial charge in [0, 0.05) is 39.4 Å². The molecule has 140 valence electrons. The van der Waals surface area contributed by atoms with Crippen molar-refractivity contribution in [3.8, 4) is 5.75 Å². The Bertz CT molecular complexity index is 521. The van der Waals surface area contributed by atoms with Gasteiger partial charge >= 0.3 is 6.03 Å². The number of rotatable bonds is 8. The number of urea groups is 1. The van der Waals surface area contributed by atoms with Crippen LogP contribution >= 0.6 is 0 Å². The molecule has 0 bridgehead atoms. The van der Waals surface area contributed by atoms with E-state index >= 15 is 0 Å². The number of methoxy groups -OCH3 is 2. The molecule has 1 fully saturated rings. The van der Waals surface area contributed by atoms with Crippen molar-refractivity contribution < 1.29 is 14.3 Å². The first-order chi connectivity index (χ1) is 12.1. The van der Waals surface area contributed by atoms with E-state index in [0.717, 1.165) is 43.7 Å². The Morgan fingerprint density at radius 1 is 1.32 bits per heavy atom. The lowest BCUT2D eigenvalue weighted by atomic mass is 10.1. The SMILES string of the molecule is COCCCN(Cc1ccc(OC)cc1)C(=O)N[C@H]1CCCN(C)C1. The van der Waals surface area contributed by atoms with Crippen LogP contribution in [0, 0.1) is 0 Å². The van der Waals surface area contributed by atoms with Gasteiger partial charge < -0.3 is 24.6 Å². The molecule has 0 saturated carbocycles. The Balaban J connectivity index is 1.96. The molecule has 0 radical (unpaired) electrons. The quantitative estimate of drug-likeness (QED) is 0.732. The second-order valence-corrected chi connectivity index (χ2v) is 6.67. The number of benzene rings is 1. The van der Waals surface area contributed by atoms with E-state index in [-0.39, 0.29) is 12.1 Å². The maximum atomic E-state index is 12.8. The van der Waals surface area contributed by atoms with Crippen LogP contribution in [0.2, 0.25) is 0 Å². The van der Waals surface area contributed by atoms with Crippen molar-refractivity contribution in [2.24, 2.45) is 0 Å². The third-order valence-electron chi connectivity index (χ3n) is 4.55. The molecule has 1 aromatic carbocycles. The van der Waals surface area contributed by atoms with Gasteiger partial charge in [0.2, 0.25) is 0 Å². The molecule has 0 aliphatic carbocycles. The van der Waals surface area contributed by atoms with Crippen molar-refractivity contribution in [3.05, 3.63) is 29.8 Å². The summed E-state index contributed by atoms with van der Waals surface area (Å²) in [6.45, 7) is 3.94. The standard InChI is InChI=1S/C19H31N3O3/c1-21-11-4-6-17(15-21)20-19(23)22(12-5-13-24-2)14-16-7-9-18(25-3)10-8-16/h7-10,17H,4-6,11-15H2,1-3H3,(H,20,23)/t17-/m0/s1. The van der Waals surface area contributed by atoms with Gasteiger partial charge in [-0.25, -0.2) is 4.79 Å². The maximum absolute atomic E-state index is 12.8. The molecule has 1 heterocycles. The molecule has 1 saturated heterocycles. The lowest BCUT2D eigenvalue weighted by Gasteiger charge is -2.32. The number of hydrogen-bond acceptors (Lipinski definition) is 4. The number of nitrogens with one attached hydrogen (secondary N) is 1. The minimum Gasteiger partial charge on any atom is -0.497 e. The molecule has 1 aliphatic heterocycles. The molecule has 1 aromatic rings. The number of carbonyl (C=O) groups excluding carboxylic acids is 1. The summed E-state index contributed by atoms with van der Waals surface area (Å²) in [5, 5.41) is 3.20. The maximum Gasteiger partial charge on any atom is 0.317 e. The van der Waals surface area contributed by atoms with E-state index < -0.39 is 0 Å². The second-order valence-electron chi connectivity index (χ2n) is 6.67. The van der Waals surface area contributed by atoms with Gasteiger partial charge in [-0.2, -0.15) is 0 Å². The fourth-order valence-corrected chi connectivity index (χ4v) is 3.15. The number of nitrogens with zero attached hydrogens (tertiary/aromatic N) is 2. The first-order valence-electron chi connectivity index (χ1n) is 8.98. The molecule has 6 nitrogen and oxygen atoms in total. The van der Waals surface area contributed by atoms with Crippen LogP contribution in [0.15, 0.2) is 24.3 Å². The normalized spacial score (nSPS) is 18.0. The van der Waals surface area contributed by atoms with Crippen molar-refractivity contribution >= 4 is 6.03 Å². The van der Waals surface area contributed by atoms with E-state index in [1.165, 1.54) is 0 Å². The minimum atomic E-state index is 0.00669. The number of ether oxygens (including phenoxy) is 2. The van der Waals surface area contributed by atoms with E-state index in [2.05, 4.69) is 17.3 Å². The van der Waals surface area contributed by atoms with Gasteiger partial charge in [-0.3, -0.25) is 0 Å². The fraction of sp³-hybridized carbons (Fsp3) is 0.632. The van der Waals surface area contributed by atoms with Crippen LogP contribution < -0.4 is 10.1 Å². The molecule has 2 rings (SSSR count). The third-order valence-corrected chi connectivity index (χ3v) is 4.55. The van der Waals surface area contributed by atoms with E-state index in [0.29, 0.717) is 19.7 Å². The third kappa shape index (κ3) is 6.55. The fourth-order valence-electron chi connectivity index (χ4n) is 3.15. The topological polar surface area (TPSA) is 54.0 Å². The molecular weight excluding hydrogens is 318 g/mol. The summed E-state index contributed by atoms with van der Waals surface area (Å²) in [4.78, 5) is 16.9. The van der Waals surface area contributed by atoms with Crippen LogP contribution in [0.1, 0.15) is 24.8 Å². The average Bonchev–Trinajstić information content (AvgIpc) is 2.61. The van der Waals surface area contributed by atoms with Gasteiger partial charge in [-0.15, -0.1) is 0 Å². The molecule has 6 heteroatoms. The van der Waals surface area contributed by atoms with E-state index in [1.54, 1.807) is 14.2 Å². The van der Waals surface area contributed by atoms with E-state index in [1.807, 2.05) is 29.2 Å². The molecule has 1 aliphatic rings. The predicted molar refractivity (Wildman–Crippen MR) is 98.9 cm³/mol. The molecule has 0 spiro atoms. The summed E-state index contributed by atoms with van der Waals surface area (Å²) < 4.78 is 10.3. The minimum absolute atomic E-state index is 0.00669. The number of carbonyl (C=O) groups is 1. The van der Waals surface area contributed by atoms with Gasteiger partial charge in [0.1, 0.15) is 5.75 Å². The Labute approximate surface area is 151 Å². The van der Waals surface area contributed by atoms with Crippen molar-refractivity contribution in [3.63, 3.8) is 0 Å². The van der Waals surface area contributed by atoms with Crippen molar-refractivity contribution in [1.29, 1.82) is 0 Å². The zero-order valence-corrected chi connectivity index (χ0v) is 15.7. The molecule has 0 unspecified atom stereocenters. The van der Waals surface area contributed by atoms with Crippen LogP contribution in [0.4, 0.5) is 4.79 Å². The van der Waals surface area contributed by atoms with Crippen LogP contribution in [0.25, 0.3) is 0 Å². The number of hydrogen-bond donors (Lipinski definition) is 1. The number of likely N-dealkylation sites (N-methyl/N-ethyl adjacent to an activating group) is 1. The Kier molecular flexibility index (Phi) is 8.01. The summed E-state index contributed by atoms with van der Waals surface area (Å²) in [7, 11) is 5.44. The first-order valence-corrected chi connectivity index (χ1v) is 8.98. The van der Waals surface area contributed by atoms with Gasteiger partial charge in [0.05, 0.1) is 7.11 Å². The van der Waals surface area contributed by atoms with E-state index in [9.17, 15) is 4.79 Å². The lowest BCUT2D eigenvalue weighted by molar-refractivity contribution is 0.158. The summed E-state index contributed by atoms with van der Waals surface area (Å²) >= 11 is 0. The average molecular weight is 349 g/mol. The summed E-state index contributed by atoms with van der Waals surface area (Å²) in [6, 6.07) is 8.10. The first kappa shape index (κ1) is 19.5. The summed E-state index contributed by atoms with van der Waals surface area (Å²) in [5.41, 5.74) is 1.09. The zero-order valence-electron chi connectivity index (χ0n) is 15.7. The smallest absolute Gasteiger partial charge is 0.317 e. The molecular formula is C19H31N3O3. The summed E-state index contributed by atoms with van der Waals surface area (Å²) in [6.07, 6.45) is 3.00. The van der Waals surface area contributed by atoms with Gasteiger partial charge in [0.25, 0.3) is 0 Å². The monoisotopic (exact) mass is 349 g/mol. The van der Waals surface area contributed by atoms with Gasteiger partial charge in [0.15, 0.2) is 0 Å². The van der Waals surface area contributed by atoms with Crippen LogP contribution in [-0.4, -0.2) is 69.4 Å². The Hall–Kier alpha value is -1.79. The van der Waals surface area contributed by atoms with Crippen LogP contribution in [0.5, 0.6) is 5.75 Å². The Morgan fingerprint density at radius 3 is 2.72 bits per heavy atom. The predicted octanol–water partition coefficient (Wildman–Crippen LogP) is 2.34. The van der Waals surface area contributed by atoms with Gasteiger partial charge in [-0.1, -0.05) is 12.1 Å². The zero-order chi connectivity index (χ0) is 18.1. The highest BCUT2D eigenvalue weighted by molar-refractivity contribution is 5.74. The Morgan fingerprint density at radius 2 is 2.08 bits per heavy atom. The highest BCUT2D eigenvalue weighted by Gasteiger charge is 2.22. The molecule has 25 heavy (non-hydrogen) atoms. The number of piperidine rings is 1. The van der Waals surface area contributed by atoms with Crippen LogP contribution in [0.3, 0.4) is 0 Å². The molecule has 0 aromatic heterocycles. The molecule has 2 amide bonds. The van der Waals surface area contributed by atoms with Crippen molar-refractivity contribution in [1.82, 2.24) is 15.1 Å². The van der Waals surface area contributed by atoms with Crippen molar-refractivity contribution in [2.45, 2.75) is 31.8 Å². The largest absolute Gasteiger partial charge is 0.497 e. The summed E-state index contributed by atoms with van der Waals surface area (Å²) in [5.74, 6) is 0.823. The second kappa shape index (κ2) is 10.3. The highest BCUT2D eigenvalue weighted by atomic mass is 16.5. The van der Waals surface area contributed by atoms with Crippen LogP contribution in [-0.2, 0) is 11.3 Å². The van der Waals surface area contributed by atoms with Gasteiger partial charge in [-0.05, 0) is 50.6 Å².